The third-order valence-electron chi connectivity index (χ3n) is 5.57. The molecule has 1 fully saturated rings. The standard InChI is InChI=1S/C25H34N2O6S/c1-18(2)23-10-5-19(3)17-24(23)33-20(4)25(28)26-11-14-32-21-6-8-22(9-7-21)34(29,30)27-12-15-31-16-13-27/h5-10,17-18,20H,11-16H2,1-4H3,(H,26,28)/t20-/m1/s1. The van der Waals surface area contributed by atoms with Crippen LogP contribution in [-0.4, -0.2) is 64.2 Å². The van der Waals surface area contributed by atoms with Crippen molar-refractivity contribution < 1.29 is 27.4 Å². The van der Waals surface area contributed by atoms with Gasteiger partial charge in [-0.1, -0.05) is 26.0 Å². The van der Waals surface area contributed by atoms with E-state index in [0.29, 0.717) is 38.6 Å². The lowest BCUT2D eigenvalue weighted by molar-refractivity contribution is -0.127. The molecular weight excluding hydrogens is 456 g/mol. The molecule has 1 N–H and O–H groups in total. The Balaban J connectivity index is 1.46. The minimum Gasteiger partial charge on any atom is -0.492 e. The van der Waals surface area contributed by atoms with Gasteiger partial charge in [-0.3, -0.25) is 4.79 Å². The van der Waals surface area contributed by atoms with Crippen molar-refractivity contribution in [1.29, 1.82) is 0 Å². The Bertz CT molecular complexity index is 1060. The van der Waals surface area contributed by atoms with E-state index in [1.807, 2.05) is 25.1 Å². The smallest absolute Gasteiger partial charge is 0.260 e. The minimum atomic E-state index is -3.54. The fourth-order valence-electron chi connectivity index (χ4n) is 3.60. The highest BCUT2D eigenvalue weighted by Crippen LogP contribution is 2.28. The van der Waals surface area contributed by atoms with E-state index >= 15 is 0 Å². The van der Waals surface area contributed by atoms with Crippen molar-refractivity contribution in [3.63, 3.8) is 0 Å². The molecule has 1 atom stereocenters. The largest absolute Gasteiger partial charge is 0.492 e. The van der Waals surface area contributed by atoms with Crippen LogP contribution in [0, 0.1) is 6.92 Å². The van der Waals surface area contributed by atoms with Crippen LogP contribution < -0.4 is 14.8 Å². The first kappa shape index (κ1) is 26.0. The maximum atomic E-state index is 12.7. The molecule has 3 rings (SSSR count). The highest BCUT2D eigenvalue weighted by atomic mass is 32.2. The van der Waals surface area contributed by atoms with E-state index in [-0.39, 0.29) is 23.3 Å². The number of carbonyl (C=O) groups is 1. The molecule has 34 heavy (non-hydrogen) atoms. The predicted octanol–water partition coefficient (Wildman–Crippen LogP) is 3.10. The monoisotopic (exact) mass is 490 g/mol. The molecule has 0 spiro atoms. The van der Waals surface area contributed by atoms with E-state index in [1.54, 1.807) is 19.1 Å². The van der Waals surface area contributed by atoms with Gasteiger partial charge in [0.1, 0.15) is 18.1 Å². The lowest BCUT2D eigenvalue weighted by atomic mass is 10.0. The summed E-state index contributed by atoms with van der Waals surface area (Å²) in [5.41, 5.74) is 2.14. The number of amides is 1. The number of nitrogens with one attached hydrogen (secondary N) is 1. The minimum absolute atomic E-state index is 0.220. The molecule has 0 radical (unpaired) electrons. The normalized spacial score (nSPS) is 15.7. The number of benzene rings is 2. The van der Waals surface area contributed by atoms with Gasteiger partial charge in [0.2, 0.25) is 10.0 Å². The van der Waals surface area contributed by atoms with Crippen LogP contribution in [0.1, 0.15) is 37.8 Å². The van der Waals surface area contributed by atoms with Crippen LogP contribution in [0.2, 0.25) is 0 Å². The summed E-state index contributed by atoms with van der Waals surface area (Å²) < 4.78 is 43.6. The second-order valence-electron chi connectivity index (χ2n) is 8.58. The molecule has 2 aromatic carbocycles. The molecule has 186 valence electrons. The zero-order valence-corrected chi connectivity index (χ0v) is 21.1. The molecule has 1 heterocycles. The number of hydrogen-bond donors (Lipinski definition) is 1. The average molecular weight is 491 g/mol. The fourth-order valence-corrected chi connectivity index (χ4v) is 5.00. The first-order chi connectivity index (χ1) is 16.2. The summed E-state index contributed by atoms with van der Waals surface area (Å²) >= 11 is 0. The summed E-state index contributed by atoms with van der Waals surface area (Å²) in [6.45, 7) is 9.94. The van der Waals surface area contributed by atoms with Crippen LogP contribution in [-0.2, 0) is 19.6 Å². The Morgan fingerprint density at radius 3 is 2.41 bits per heavy atom. The highest BCUT2D eigenvalue weighted by Gasteiger charge is 2.26. The number of carbonyl (C=O) groups excluding carboxylic acids is 1. The summed E-state index contributed by atoms with van der Waals surface area (Å²) in [5.74, 6) is 1.31. The number of morpholine rings is 1. The van der Waals surface area contributed by atoms with Crippen LogP contribution >= 0.6 is 0 Å². The van der Waals surface area contributed by atoms with E-state index in [1.165, 1.54) is 16.4 Å². The van der Waals surface area contributed by atoms with E-state index in [2.05, 4.69) is 19.2 Å². The van der Waals surface area contributed by atoms with Gasteiger partial charge < -0.3 is 19.5 Å². The Hall–Kier alpha value is -2.62. The molecule has 0 aliphatic carbocycles. The van der Waals surface area contributed by atoms with Crippen molar-refractivity contribution >= 4 is 15.9 Å². The first-order valence-corrected chi connectivity index (χ1v) is 13.0. The zero-order chi connectivity index (χ0) is 24.7. The predicted molar refractivity (Wildman–Crippen MR) is 130 cm³/mol. The van der Waals surface area contributed by atoms with Crippen LogP contribution in [0.4, 0.5) is 0 Å². The van der Waals surface area contributed by atoms with Gasteiger partial charge in [0, 0.05) is 13.1 Å². The molecule has 1 amide bonds. The summed E-state index contributed by atoms with van der Waals surface area (Å²) in [7, 11) is -3.54. The van der Waals surface area contributed by atoms with E-state index in [4.69, 9.17) is 14.2 Å². The van der Waals surface area contributed by atoms with Gasteiger partial charge in [-0.05, 0) is 61.2 Å². The molecule has 2 aromatic rings. The van der Waals surface area contributed by atoms with Gasteiger partial charge in [0.15, 0.2) is 6.10 Å². The van der Waals surface area contributed by atoms with Gasteiger partial charge in [-0.25, -0.2) is 8.42 Å². The molecule has 9 heteroatoms. The molecule has 0 unspecified atom stereocenters. The summed E-state index contributed by atoms with van der Waals surface area (Å²) in [6, 6.07) is 12.3. The second kappa shape index (κ2) is 11.7. The molecule has 0 saturated carbocycles. The molecule has 0 bridgehead atoms. The lowest BCUT2D eigenvalue weighted by Gasteiger charge is -2.26. The highest BCUT2D eigenvalue weighted by molar-refractivity contribution is 7.89. The maximum Gasteiger partial charge on any atom is 0.260 e. The average Bonchev–Trinajstić information content (AvgIpc) is 2.82. The summed E-state index contributed by atoms with van der Waals surface area (Å²) in [6.07, 6.45) is -0.649. The number of hydrogen-bond acceptors (Lipinski definition) is 6. The van der Waals surface area contributed by atoms with E-state index in [0.717, 1.165) is 16.9 Å². The first-order valence-electron chi connectivity index (χ1n) is 11.5. The van der Waals surface area contributed by atoms with Crippen molar-refractivity contribution in [2.45, 2.75) is 44.6 Å². The summed E-state index contributed by atoms with van der Waals surface area (Å²) in [4.78, 5) is 12.7. The Labute approximate surface area is 202 Å². The topological polar surface area (TPSA) is 94.2 Å². The van der Waals surface area contributed by atoms with Gasteiger partial charge >= 0.3 is 0 Å². The number of rotatable bonds is 10. The molecular formula is C25H34N2O6S. The quantitative estimate of drug-likeness (QED) is 0.515. The lowest BCUT2D eigenvalue weighted by Crippen LogP contribution is -2.40. The van der Waals surface area contributed by atoms with Crippen LogP contribution in [0.25, 0.3) is 0 Å². The second-order valence-corrected chi connectivity index (χ2v) is 10.5. The van der Waals surface area contributed by atoms with Gasteiger partial charge in [-0.15, -0.1) is 0 Å². The van der Waals surface area contributed by atoms with Crippen molar-refractivity contribution in [2.75, 3.05) is 39.5 Å². The number of ether oxygens (including phenoxy) is 3. The van der Waals surface area contributed by atoms with Crippen molar-refractivity contribution in [3.05, 3.63) is 53.6 Å². The van der Waals surface area contributed by atoms with Crippen molar-refractivity contribution in [2.24, 2.45) is 0 Å². The zero-order valence-electron chi connectivity index (χ0n) is 20.2. The SMILES string of the molecule is Cc1ccc(C(C)C)c(O[C@H](C)C(=O)NCCOc2ccc(S(=O)(=O)N3CCOCC3)cc2)c1. The Morgan fingerprint density at radius 2 is 1.76 bits per heavy atom. The third-order valence-corrected chi connectivity index (χ3v) is 7.48. The fraction of sp³-hybridized carbons (Fsp3) is 0.480. The molecule has 1 saturated heterocycles. The Kier molecular flexibility index (Phi) is 8.93. The molecule has 1 aliphatic rings. The van der Waals surface area contributed by atoms with E-state index < -0.39 is 16.1 Å². The maximum absolute atomic E-state index is 12.7. The number of sulfonamides is 1. The number of nitrogens with zero attached hydrogens (tertiary/aromatic N) is 1. The molecule has 1 aliphatic heterocycles. The van der Waals surface area contributed by atoms with E-state index in [9.17, 15) is 13.2 Å². The van der Waals surface area contributed by atoms with Crippen LogP contribution in [0.5, 0.6) is 11.5 Å². The van der Waals surface area contributed by atoms with Gasteiger partial charge in [-0.2, -0.15) is 4.31 Å². The third kappa shape index (κ3) is 6.71. The van der Waals surface area contributed by atoms with Crippen LogP contribution in [0.3, 0.4) is 0 Å². The summed E-state index contributed by atoms with van der Waals surface area (Å²) in [5, 5.41) is 2.81. The number of aryl methyl sites for hydroxylation is 1. The van der Waals surface area contributed by atoms with Gasteiger partial charge in [0.05, 0.1) is 24.7 Å². The van der Waals surface area contributed by atoms with Gasteiger partial charge in [0.25, 0.3) is 5.91 Å². The molecule has 8 nitrogen and oxygen atoms in total. The Morgan fingerprint density at radius 1 is 1.09 bits per heavy atom. The van der Waals surface area contributed by atoms with Crippen molar-refractivity contribution in [3.8, 4) is 11.5 Å². The van der Waals surface area contributed by atoms with Crippen LogP contribution in [0.15, 0.2) is 47.4 Å². The van der Waals surface area contributed by atoms with Crippen molar-refractivity contribution in [1.82, 2.24) is 9.62 Å². The molecule has 0 aromatic heterocycles.